The summed E-state index contributed by atoms with van der Waals surface area (Å²) in [6, 6.07) is 0.771. The maximum Gasteiger partial charge on any atom is 0.271 e. The van der Waals surface area contributed by atoms with Crippen LogP contribution in [0.2, 0.25) is 0 Å². The molecule has 11 heavy (non-hydrogen) atoms. The van der Waals surface area contributed by atoms with E-state index in [0.29, 0.717) is 0 Å². The Hall–Kier alpha value is -1.65. The van der Waals surface area contributed by atoms with Gasteiger partial charge in [-0.15, -0.1) is 0 Å². The number of aromatic nitrogens is 1. The first-order valence-corrected chi connectivity index (χ1v) is 2.75. The second kappa shape index (κ2) is 2.53. The summed E-state index contributed by atoms with van der Waals surface area (Å²) in [4.78, 5) is 13.7. The molecule has 0 aliphatic rings. The van der Waals surface area contributed by atoms with E-state index in [1.807, 2.05) is 0 Å². The number of amides is 1. The van der Waals surface area contributed by atoms with E-state index in [2.05, 4.69) is 4.98 Å². The smallest absolute Gasteiger partial charge is 0.271 e. The molecule has 5 heteroatoms. The molecule has 0 bridgehead atoms. The maximum absolute atomic E-state index is 12.2. The number of nitrogens with two attached hydrogens (primary N) is 1. The van der Waals surface area contributed by atoms with Gasteiger partial charge in [0.05, 0.1) is 6.20 Å². The molecule has 0 fully saturated rings. The van der Waals surface area contributed by atoms with Crippen LogP contribution in [0.25, 0.3) is 0 Å². The molecule has 1 aromatic heterocycles. The largest absolute Gasteiger partial charge is 0.505 e. The lowest BCUT2D eigenvalue weighted by Gasteiger charge is -1.96. The van der Waals surface area contributed by atoms with Gasteiger partial charge in [-0.2, -0.15) is 0 Å². The average Bonchev–Trinajstić information content (AvgIpc) is 1.85. The minimum absolute atomic E-state index is 0.327. The highest BCUT2D eigenvalue weighted by atomic mass is 19.1. The quantitative estimate of drug-likeness (QED) is 0.602. The van der Waals surface area contributed by atoms with Crippen LogP contribution in [0.4, 0.5) is 4.39 Å². The van der Waals surface area contributed by atoms with Gasteiger partial charge in [-0.05, 0) is 0 Å². The predicted octanol–water partition coefficient (Wildman–Crippen LogP) is 0.0252. The van der Waals surface area contributed by atoms with Crippen LogP contribution in [0, 0.1) is 5.82 Å². The molecule has 0 saturated heterocycles. The van der Waals surface area contributed by atoms with Gasteiger partial charge in [-0.25, -0.2) is 9.37 Å². The van der Waals surface area contributed by atoms with Crippen LogP contribution in [0.1, 0.15) is 10.5 Å². The fraction of sp³-hybridized carbons (Fsp3) is 0. The molecule has 0 aromatic carbocycles. The Labute approximate surface area is 61.5 Å². The fourth-order valence-electron chi connectivity index (χ4n) is 0.618. The zero-order valence-corrected chi connectivity index (χ0v) is 5.41. The van der Waals surface area contributed by atoms with Crippen molar-refractivity contribution in [2.24, 2.45) is 5.73 Å². The third-order valence-corrected chi connectivity index (χ3v) is 1.07. The van der Waals surface area contributed by atoms with Gasteiger partial charge in [0.1, 0.15) is 11.6 Å². The van der Waals surface area contributed by atoms with Crippen LogP contribution >= 0.6 is 0 Å². The van der Waals surface area contributed by atoms with Crippen LogP contribution in [-0.4, -0.2) is 16.0 Å². The first kappa shape index (κ1) is 7.46. The van der Waals surface area contributed by atoms with E-state index in [9.17, 15) is 9.18 Å². The summed E-state index contributed by atoms with van der Waals surface area (Å²) in [7, 11) is 0. The highest BCUT2D eigenvalue weighted by molar-refractivity contribution is 5.93. The van der Waals surface area contributed by atoms with E-state index >= 15 is 0 Å². The molecule has 0 saturated carbocycles. The van der Waals surface area contributed by atoms with E-state index < -0.39 is 17.5 Å². The van der Waals surface area contributed by atoms with Crippen LogP contribution in [0.3, 0.4) is 0 Å². The van der Waals surface area contributed by atoms with Gasteiger partial charge in [0.2, 0.25) is 0 Å². The monoisotopic (exact) mass is 156 g/mol. The Bertz CT molecular complexity index is 301. The Morgan fingerprint density at radius 2 is 2.36 bits per heavy atom. The number of nitrogens with zero attached hydrogens (tertiary/aromatic N) is 1. The Morgan fingerprint density at radius 1 is 1.73 bits per heavy atom. The van der Waals surface area contributed by atoms with Crippen LogP contribution in [0.15, 0.2) is 12.3 Å². The predicted molar refractivity (Wildman–Crippen MR) is 34.4 cm³/mol. The summed E-state index contributed by atoms with van der Waals surface area (Å²) in [6.07, 6.45) is 0.805. The van der Waals surface area contributed by atoms with Gasteiger partial charge in [0.25, 0.3) is 5.91 Å². The number of rotatable bonds is 1. The van der Waals surface area contributed by atoms with Gasteiger partial charge in [0.15, 0.2) is 5.69 Å². The number of hydrogen-bond acceptors (Lipinski definition) is 3. The minimum Gasteiger partial charge on any atom is -0.505 e. The first-order chi connectivity index (χ1) is 5.11. The van der Waals surface area contributed by atoms with Crippen molar-refractivity contribution in [3.05, 3.63) is 23.8 Å². The zero-order valence-electron chi connectivity index (χ0n) is 5.41. The van der Waals surface area contributed by atoms with Crippen molar-refractivity contribution < 1.29 is 14.3 Å². The number of carbonyl (C=O) groups excluding carboxylic acids is 1. The van der Waals surface area contributed by atoms with Crippen molar-refractivity contribution >= 4 is 5.91 Å². The Morgan fingerprint density at radius 3 is 2.82 bits per heavy atom. The summed E-state index contributed by atoms with van der Waals surface area (Å²) in [5, 5.41) is 8.86. The Kier molecular flexibility index (Phi) is 1.72. The summed E-state index contributed by atoms with van der Waals surface area (Å²) in [5.41, 5.74) is 4.45. The van der Waals surface area contributed by atoms with E-state index in [0.717, 1.165) is 12.3 Å². The molecule has 1 rings (SSSR count). The minimum atomic E-state index is -0.887. The molecule has 0 aliphatic heterocycles. The lowest BCUT2D eigenvalue weighted by molar-refractivity contribution is 0.0992. The normalized spacial score (nSPS) is 9.55. The van der Waals surface area contributed by atoms with Gasteiger partial charge in [-0.3, -0.25) is 4.79 Å². The summed E-state index contributed by atoms with van der Waals surface area (Å²) in [6.45, 7) is 0. The molecule has 3 N–H and O–H groups in total. The summed E-state index contributed by atoms with van der Waals surface area (Å²) in [5.74, 6) is -2.15. The van der Waals surface area contributed by atoms with Gasteiger partial charge in [-0.1, -0.05) is 0 Å². The molecule has 1 amide bonds. The molecule has 58 valence electrons. The van der Waals surface area contributed by atoms with E-state index in [-0.39, 0.29) is 5.69 Å². The van der Waals surface area contributed by atoms with Crippen molar-refractivity contribution in [1.82, 2.24) is 4.98 Å². The first-order valence-electron chi connectivity index (χ1n) is 2.75. The lowest BCUT2D eigenvalue weighted by atomic mass is 10.3. The SMILES string of the molecule is NC(=O)c1ncc(F)cc1O. The third-order valence-electron chi connectivity index (χ3n) is 1.07. The standard InChI is InChI=1S/C6H5FN2O2/c7-3-1-4(10)5(6(8)11)9-2-3/h1-2,10H,(H2,8,11). The number of hydrogen-bond donors (Lipinski definition) is 2. The summed E-state index contributed by atoms with van der Waals surface area (Å²) >= 11 is 0. The van der Waals surface area contributed by atoms with Gasteiger partial charge >= 0.3 is 0 Å². The molecule has 1 aromatic rings. The molecule has 4 nitrogen and oxygen atoms in total. The molecular formula is C6H5FN2O2. The zero-order chi connectivity index (χ0) is 8.43. The Balaban J connectivity index is 3.20. The molecular weight excluding hydrogens is 151 g/mol. The number of carbonyl (C=O) groups is 1. The van der Waals surface area contributed by atoms with Gasteiger partial charge < -0.3 is 10.8 Å². The molecule has 0 aliphatic carbocycles. The summed E-state index contributed by atoms with van der Waals surface area (Å²) < 4.78 is 12.2. The second-order valence-electron chi connectivity index (χ2n) is 1.89. The number of halogens is 1. The van der Waals surface area contributed by atoms with Gasteiger partial charge in [0, 0.05) is 6.07 Å². The number of primary amides is 1. The van der Waals surface area contributed by atoms with Crippen LogP contribution < -0.4 is 5.73 Å². The molecule has 0 spiro atoms. The van der Waals surface area contributed by atoms with Crippen molar-refractivity contribution in [1.29, 1.82) is 0 Å². The lowest BCUT2D eigenvalue weighted by Crippen LogP contribution is -2.13. The highest BCUT2D eigenvalue weighted by Crippen LogP contribution is 2.13. The van der Waals surface area contributed by atoms with Crippen LogP contribution in [-0.2, 0) is 0 Å². The average molecular weight is 156 g/mol. The van der Waals surface area contributed by atoms with Crippen molar-refractivity contribution in [2.75, 3.05) is 0 Å². The molecule has 0 unspecified atom stereocenters. The van der Waals surface area contributed by atoms with E-state index in [1.165, 1.54) is 0 Å². The van der Waals surface area contributed by atoms with Crippen LogP contribution in [0.5, 0.6) is 5.75 Å². The van der Waals surface area contributed by atoms with Crippen molar-refractivity contribution in [3.63, 3.8) is 0 Å². The van der Waals surface area contributed by atoms with E-state index in [1.54, 1.807) is 0 Å². The highest BCUT2D eigenvalue weighted by Gasteiger charge is 2.08. The third kappa shape index (κ3) is 1.43. The molecule has 0 radical (unpaired) electrons. The fourth-order valence-corrected chi connectivity index (χ4v) is 0.618. The number of aromatic hydroxyl groups is 1. The molecule has 0 atom stereocenters. The maximum atomic E-state index is 12.2. The van der Waals surface area contributed by atoms with Crippen molar-refractivity contribution in [3.8, 4) is 5.75 Å². The number of pyridine rings is 1. The second-order valence-corrected chi connectivity index (χ2v) is 1.89. The van der Waals surface area contributed by atoms with E-state index in [4.69, 9.17) is 10.8 Å². The topological polar surface area (TPSA) is 76.2 Å². The van der Waals surface area contributed by atoms with Crippen molar-refractivity contribution in [2.45, 2.75) is 0 Å². The molecule has 1 heterocycles.